The van der Waals surface area contributed by atoms with Gasteiger partial charge in [-0.2, -0.15) is 0 Å². The molecule has 0 spiro atoms. The first-order valence-corrected chi connectivity index (χ1v) is 5.44. The molecule has 1 aromatic rings. The molecule has 1 heterocycles. The Kier molecular flexibility index (Phi) is 3.64. The SMILES string of the molecule is O=C(OCC1CC=CCC1)c1cnccn1. The van der Waals surface area contributed by atoms with E-state index in [4.69, 9.17) is 4.74 Å². The standard InChI is InChI=1S/C12H14N2O2/c15-12(11-8-13-6-7-14-11)16-9-10-4-2-1-3-5-10/h1-2,6-8,10H,3-5,9H2. The maximum atomic E-state index is 11.5. The smallest absolute Gasteiger partial charge is 0.358 e. The Morgan fingerprint density at radius 1 is 1.44 bits per heavy atom. The van der Waals surface area contributed by atoms with Gasteiger partial charge in [-0.15, -0.1) is 0 Å². The number of hydrogen-bond donors (Lipinski definition) is 0. The Hall–Kier alpha value is -1.71. The van der Waals surface area contributed by atoms with Gasteiger partial charge in [0.05, 0.1) is 12.8 Å². The number of nitrogens with zero attached hydrogens (tertiary/aromatic N) is 2. The molecule has 1 atom stereocenters. The molecule has 0 amide bonds. The van der Waals surface area contributed by atoms with Crippen molar-refractivity contribution in [2.75, 3.05) is 6.61 Å². The summed E-state index contributed by atoms with van der Waals surface area (Å²) in [6, 6.07) is 0. The van der Waals surface area contributed by atoms with Gasteiger partial charge in [0.25, 0.3) is 0 Å². The van der Waals surface area contributed by atoms with Crippen LogP contribution in [0.5, 0.6) is 0 Å². The lowest BCUT2D eigenvalue weighted by molar-refractivity contribution is 0.0425. The lowest BCUT2D eigenvalue weighted by atomic mass is 9.95. The molecule has 0 bridgehead atoms. The summed E-state index contributed by atoms with van der Waals surface area (Å²) in [5.41, 5.74) is 0.272. The van der Waals surface area contributed by atoms with Gasteiger partial charge in [0.1, 0.15) is 0 Å². The van der Waals surface area contributed by atoms with Crippen LogP contribution in [0, 0.1) is 5.92 Å². The number of esters is 1. The van der Waals surface area contributed by atoms with Crippen molar-refractivity contribution in [1.82, 2.24) is 9.97 Å². The lowest BCUT2D eigenvalue weighted by Gasteiger charge is -2.17. The van der Waals surface area contributed by atoms with Gasteiger partial charge in [0.15, 0.2) is 5.69 Å². The van der Waals surface area contributed by atoms with E-state index in [2.05, 4.69) is 22.1 Å². The molecule has 4 nitrogen and oxygen atoms in total. The summed E-state index contributed by atoms with van der Waals surface area (Å²) in [6.07, 6.45) is 11.9. The van der Waals surface area contributed by atoms with E-state index in [1.165, 1.54) is 18.6 Å². The van der Waals surface area contributed by atoms with Crippen LogP contribution in [0.25, 0.3) is 0 Å². The Morgan fingerprint density at radius 3 is 3.06 bits per heavy atom. The number of carbonyl (C=O) groups is 1. The van der Waals surface area contributed by atoms with Crippen LogP contribution in [-0.2, 0) is 4.74 Å². The molecule has 0 aliphatic heterocycles. The normalized spacial score (nSPS) is 19.4. The predicted molar refractivity (Wildman–Crippen MR) is 58.8 cm³/mol. The molecule has 0 fully saturated rings. The van der Waals surface area contributed by atoms with Crippen molar-refractivity contribution < 1.29 is 9.53 Å². The van der Waals surface area contributed by atoms with E-state index in [0.29, 0.717) is 12.5 Å². The topological polar surface area (TPSA) is 52.1 Å². The Morgan fingerprint density at radius 2 is 2.38 bits per heavy atom. The van der Waals surface area contributed by atoms with E-state index < -0.39 is 0 Å². The van der Waals surface area contributed by atoms with E-state index in [1.54, 1.807) is 0 Å². The first-order valence-electron chi connectivity index (χ1n) is 5.44. The molecule has 0 N–H and O–H groups in total. The largest absolute Gasteiger partial charge is 0.461 e. The number of rotatable bonds is 3. The lowest BCUT2D eigenvalue weighted by Crippen LogP contribution is -2.16. The summed E-state index contributed by atoms with van der Waals surface area (Å²) in [6.45, 7) is 0.472. The molecule has 4 heteroatoms. The number of hydrogen-bond acceptors (Lipinski definition) is 4. The molecule has 2 rings (SSSR count). The quantitative estimate of drug-likeness (QED) is 0.575. The van der Waals surface area contributed by atoms with E-state index in [1.807, 2.05) is 0 Å². The fraction of sp³-hybridized carbons (Fsp3) is 0.417. The molecule has 0 aromatic carbocycles. The van der Waals surface area contributed by atoms with Gasteiger partial charge < -0.3 is 4.74 Å². The van der Waals surface area contributed by atoms with Gasteiger partial charge in [0, 0.05) is 12.4 Å². The minimum Gasteiger partial charge on any atom is -0.461 e. The summed E-state index contributed by atoms with van der Waals surface area (Å²) in [4.78, 5) is 19.3. The minimum atomic E-state index is -0.386. The van der Waals surface area contributed by atoms with Gasteiger partial charge in [0.2, 0.25) is 0 Å². The molecule has 1 aliphatic carbocycles. The van der Waals surface area contributed by atoms with Crippen molar-refractivity contribution in [3.63, 3.8) is 0 Å². The van der Waals surface area contributed by atoms with E-state index in [0.717, 1.165) is 19.3 Å². The van der Waals surface area contributed by atoms with Crippen LogP contribution >= 0.6 is 0 Å². The van der Waals surface area contributed by atoms with E-state index in [9.17, 15) is 4.79 Å². The minimum absolute atomic E-state index is 0.272. The first kappa shape index (κ1) is 10.8. The number of aromatic nitrogens is 2. The third kappa shape index (κ3) is 2.89. The predicted octanol–water partition coefficient (Wildman–Crippen LogP) is 1.99. The highest BCUT2D eigenvalue weighted by Crippen LogP contribution is 2.18. The molecule has 84 valence electrons. The average molecular weight is 218 g/mol. The van der Waals surface area contributed by atoms with Crippen LogP contribution in [0.1, 0.15) is 29.8 Å². The van der Waals surface area contributed by atoms with Crippen molar-refractivity contribution in [3.8, 4) is 0 Å². The van der Waals surface area contributed by atoms with Crippen LogP contribution in [0.3, 0.4) is 0 Å². The average Bonchev–Trinajstić information content (AvgIpc) is 2.38. The Labute approximate surface area is 94.4 Å². The zero-order valence-electron chi connectivity index (χ0n) is 9.00. The second-order valence-electron chi connectivity index (χ2n) is 3.84. The highest BCUT2D eigenvalue weighted by molar-refractivity contribution is 5.86. The summed E-state index contributed by atoms with van der Waals surface area (Å²) in [5, 5.41) is 0. The van der Waals surface area contributed by atoms with Crippen molar-refractivity contribution in [1.29, 1.82) is 0 Å². The van der Waals surface area contributed by atoms with Gasteiger partial charge in [-0.1, -0.05) is 12.2 Å². The molecule has 16 heavy (non-hydrogen) atoms. The molecular weight excluding hydrogens is 204 g/mol. The molecule has 0 saturated heterocycles. The number of allylic oxidation sites excluding steroid dienone is 2. The molecule has 1 unspecified atom stereocenters. The maximum Gasteiger partial charge on any atom is 0.358 e. The van der Waals surface area contributed by atoms with E-state index in [-0.39, 0.29) is 11.7 Å². The fourth-order valence-electron chi connectivity index (χ4n) is 1.68. The maximum absolute atomic E-state index is 11.5. The Bertz CT molecular complexity index is 376. The van der Waals surface area contributed by atoms with Crippen molar-refractivity contribution >= 4 is 5.97 Å². The van der Waals surface area contributed by atoms with Crippen LogP contribution < -0.4 is 0 Å². The number of ether oxygens (including phenoxy) is 1. The van der Waals surface area contributed by atoms with Crippen LogP contribution in [-0.4, -0.2) is 22.5 Å². The van der Waals surface area contributed by atoms with Crippen LogP contribution in [0.4, 0.5) is 0 Å². The molecule has 1 aromatic heterocycles. The highest BCUT2D eigenvalue weighted by Gasteiger charge is 2.14. The van der Waals surface area contributed by atoms with E-state index >= 15 is 0 Å². The molecule has 0 saturated carbocycles. The van der Waals surface area contributed by atoms with Gasteiger partial charge >= 0.3 is 5.97 Å². The van der Waals surface area contributed by atoms with Gasteiger partial charge in [-0.05, 0) is 25.2 Å². The van der Waals surface area contributed by atoms with Gasteiger partial charge in [-0.25, -0.2) is 9.78 Å². The fourth-order valence-corrected chi connectivity index (χ4v) is 1.68. The Balaban J connectivity index is 1.82. The van der Waals surface area contributed by atoms with Gasteiger partial charge in [-0.3, -0.25) is 4.98 Å². The highest BCUT2D eigenvalue weighted by atomic mass is 16.5. The monoisotopic (exact) mass is 218 g/mol. The number of carbonyl (C=O) groups excluding carboxylic acids is 1. The second-order valence-corrected chi connectivity index (χ2v) is 3.84. The third-order valence-electron chi connectivity index (χ3n) is 2.60. The summed E-state index contributed by atoms with van der Waals surface area (Å²) >= 11 is 0. The summed E-state index contributed by atoms with van der Waals surface area (Å²) in [7, 11) is 0. The molecule has 0 radical (unpaired) electrons. The second kappa shape index (κ2) is 5.39. The van der Waals surface area contributed by atoms with Crippen molar-refractivity contribution in [2.24, 2.45) is 5.92 Å². The summed E-state index contributed by atoms with van der Waals surface area (Å²) in [5.74, 6) is 0.0632. The van der Waals surface area contributed by atoms with Crippen LogP contribution in [0.2, 0.25) is 0 Å². The summed E-state index contributed by atoms with van der Waals surface area (Å²) < 4.78 is 5.19. The van der Waals surface area contributed by atoms with Crippen LogP contribution in [0.15, 0.2) is 30.7 Å². The molecular formula is C12H14N2O2. The molecule has 1 aliphatic rings. The third-order valence-corrected chi connectivity index (χ3v) is 2.60. The van der Waals surface area contributed by atoms with Crippen molar-refractivity contribution in [3.05, 3.63) is 36.4 Å². The zero-order valence-corrected chi connectivity index (χ0v) is 9.00. The zero-order chi connectivity index (χ0) is 11.2. The van der Waals surface area contributed by atoms with Crippen molar-refractivity contribution in [2.45, 2.75) is 19.3 Å². The first-order chi connectivity index (χ1) is 7.86.